The van der Waals surface area contributed by atoms with Crippen molar-refractivity contribution in [2.75, 3.05) is 37.4 Å². The van der Waals surface area contributed by atoms with Gasteiger partial charge in [0.15, 0.2) is 0 Å². The highest BCUT2D eigenvalue weighted by atomic mass is 16.5. The summed E-state index contributed by atoms with van der Waals surface area (Å²) in [5.41, 5.74) is 10.1. The van der Waals surface area contributed by atoms with Crippen molar-refractivity contribution in [1.82, 2.24) is 20.2 Å². The number of nitrogens with zero attached hydrogens (tertiary/aromatic N) is 3. The lowest BCUT2D eigenvalue weighted by atomic mass is 9.78. The minimum absolute atomic E-state index is 0.183. The summed E-state index contributed by atoms with van der Waals surface area (Å²) in [6.07, 6.45) is 8.90. The van der Waals surface area contributed by atoms with Gasteiger partial charge in [0, 0.05) is 37.1 Å². The van der Waals surface area contributed by atoms with Gasteiger partial charge in [0.25, 0.3) is 11.8 Å². The Bertz CT molecular complexity index is 1940. The Morgan fingerprint density at radius 1 is 0.776 bits per heavy atom. The van der Waals surface area contributed by atoms with E-state index >= 15 is 0 Å². The van der Waals surface area contributed by atoms with E-state index in [0.717, 1.165) is 79.5 Å². The number of amides is 2. The Morgan fingerprint density at radius 2 is 1.40 bits per heavy atom. The van der Waals surface area contributed by atoms with E-state index < -0.39 is 30.3 Å². The first kappa shape index (κ1) is 42.5. The van der Waals surface area contributed by atoms with E-state index in [2.05, 4.69) is 70.8 Å². The Balaban J connectivity index is 0.766. The molecule has 0 aliphatic carbocycles. The lowest BCUT2D eigenvalue weighted by Gasteiger charge is -2.36. The van der Waals surface area contributed by atoms with Gasteiger partial charge in [-0.2, -0.15) is 0 Å². The number of ether oxygens (including phenoxy) is 3. The van der Waals surface area contributed by atoms with E-state index in [9.17, 15) is 19.8 Å². The number of anilines is 2. The molecule has 6 rings (SSSR count). The number of nitrogens with one attached hydrogen (secondary N) is 2. The number of nitrogen functional groups attached to an aromatic ring is 1. The first-order chi connectivity index (χ1) is 28.1. The van der Waals surface area contributed by atoms with Crippen molar-refractivity contribution >= 4 is 23.5 Å². The van der Waals surface area contributed by atoms with Crippen LogP contribution in [0.4, 0.5) is 11.6 Å². The Morgan fingerprint density at radius 3 is 2.07 bits per heavy atom. The van der Waals surface area contributed by atoms with Crippen LogP contribution in [0.15, 0.2) is 79.0 Å². The second-order valence-corrected chi connectivity index (χ2v) is 15.6. The lowest BCUT2D eigenvalue weighted by Crippen LogP contribution is -2.58. The quantitative estimate of drug-likeness (QED) is 0.0427. The van der Waals surface area contributed by atoms with Gasteiger partial charge in [-0.1, -0.05) is 63.8 Å². The van der Waals surface area contributed by atoms with E-state index in [1.165, 1.54) is 24.0 Å². The van der Waals surface area contributed by atoms with Crippen molar-refractivity contribution in [2.24, 2.45) is 0 Å². The highest BCUT2D eigenvalue weighted by Crippen LogP contribution is 2.34. The molecule has 1 aromatic heterocycles. The third kappa shape index (κ3) is 11.3. The molecule has 1 fully saturated rings. The average molecular weight is 795 g/mol. The van der Waals surface area contributed by atoms with Gasteiger partial charge < -0.3 is 35.5 Å². The number of aromatic nitrogens is 2. The standard InChI is InChI=1S/C45H58N6O7/c1-45(2,32-13-18-36(19-14-32)58-30-34-23-25-48-44(46)49-34)31-11-16-35(17-12-31)57-28-9-6-4-3-5-8-26-56-27-10-7-24-47-33-15-20-37-38(29-33)43(55)51(42(37)54)39-21-22-40(52)50-41(39)53/h11-20,23,25,29,39-41,47,50,52-53H,3-10,21-22,24,26-28,30H2,1-2H3,(H2,46,48,49). The van der Waals surface area contributed by atoms with Crippen LogP contribution in [0.5, 0.6) is 11.5 Å². The molecule has 58 heavy (non-hydrogen) atoms. The number of hydrogen-bond donors (Lipinski definition) is 5. The minimum atomic E-state index is -1.16. The topological polar surface area (TPSA) is 181 Å². The van der Waals surface area contributed by atoms with Crippen LogP contribution < -0.4 is 25.8 Å². The molecule has 3 unspecified atom stereocenters. The Labute approximate surface area is 341 Å². The number of rotatable bonds is 22. The summed E-state index contributed by atoms with van der Waals surface area (Å²) in [6, 6.07) is 22.8. The second kappa shape index (κ2) is 20.6. The van der Waals surface area contributed by atoms with Gasteiger partial charge in [-0.3, -0.25) is 19.8 Å². The number of imide groups is 1. The highest BCUT2D eigenvalue weighted by molar-refractivity contribution is 6.22. The molecule has 3 aromatic carbocycles. The van der Waals surface area contributed by atoms with Crippen LogP contribution in [0.2, 0.25) is 0 Å². The predicted molar refractivity (Wildman–Crippen MR) is 223 cm³/mol. The van der Waals surface area contributed by atoms with Crippen molar-refractivity contribution in [3.8, 4) is 11.5 Å². The largest absolute Gasteiger partial charge is 0.494 e. The zero-order valence-electron chi connectivity index (χ0n) is 33.7. The molecule has 2 aliphatic heterocycles. The van der Waals surface area contributed by atoms with E-state index in [0.29, 0.717) is 43.8 Å². The molecule has 1 saturated heterocycles. The molecule has 4 aromatic rings. The van der Waals surface area contributed by atoms with Gasteiger partial charge in [0.05, 0.1) is 29.5 Å². The van der Waals surface area contributed by atoms with Crippen LogP contribution in [0.3, 0.4) is 0 Å². The molecule has 13 heteroatoms. The number of piperidine rings is 1. The van der Waals surface area contributed by atoms with Crippen LogP contribution in [0.25, 0.3) is 0 Å². The van der Waals surface area contributed by atoms with Gasteiger partial charge in [0.1, 0.15) is 30.6 Å². The molecule has 3 heterocycles. The van der Waals surface area contributed by atoms with Crippen molar-refractivity contribution < 1.29 is 34.0 Å². The molecule has 0 radical (unpaired) electrons. The number of aliphatic hydroxyl groups excluding tert-OH is 2. The number of unbranched alkanes of at least 4 members (excludes halogenated alkanes) is 6. The maximum Gasteiger partial charge on any atom is 0.262 e. The SMILES string of the molecule is CC(C)(c1ccc(OCCCCCCCCOCCCCNc2ccc3c(c2)C(=O)N(C2CCC(O)NC2O)C3=O)cc1)c1ccc(OCc2ccnc(N)n2)cc1. The van der Waals surface area contributed by atoms with E-state index in [-0.39, 0.29) is 11.4 Å². The first-order valence-corrected chi connectivity index (χ1v) is 20.6. The molecule has 0 saturated carbocycles. The third-order valence-electron chi connectivity index (χ3n) is 11.0. The molecule has 2 aliphatic rings. The van der Waals surface area contributed by atoms with Gasteiger partial charge >= 0.3 is 0 Å². The molecule has 0 spiro atoms. The highest BCUT2D eigenvalue weighted by Gasteiger charge is 2.44. The number of aliphatic hydroxyl groups is 2. The molecular formula is C45H58N6O7. The van der Waals surface area contributed by atoms with Crippen LogP contribution in [-0.4, -0.2) is 81.8 Å². The summed E-state index contributed by atoms with van der Waals surface area (Å²) in [6.45, 7) is 7.68. The molecule has 13 nitrogen and oxygen atoms in total. The number of hydrogen-bond acceptors (Lipinski definition) is 12. The van der Waals surface area contributed by atoms with Crippen LogP contribution in [0, 0.1) is 0 Å². The fraction of sp³-hybridized carbons (Fsp3) is 0.467. The fourth-order valence-electron chi connectivity index (χ4n) is 7.44. The van der Waals surface area contributed by atoms with Gasteiger partial charge in [-0.15, -0.1) is 0 Å². The van der Waals surface area contributed by atoms with Crippen LogP contribution >= 0.6 is 0 Å². The third-order valence-corrected chi connectivity index (χ3v) is 11.0. The maximum absolute atomic E-state index is 13.1. The summed E-state index contributed by atoms with van der Waals surface area (Å²) < 4.78 is 17.8. The predicted octanol–water partition coefficient (Wildman–Crippen LogP) is 6.58. The number of carbonyl (C=O) groups excluding carboxylic acids is 2. The van der Waals surface area contributed by atoms with E-state index in [4.69, 9.17) is 19.9 Å². The van der Waals surface area contributed by atoms with Crippen molar-refractivity contribution in [2.45, 2.75) is 109 Å². The summed E-state index contributed by atoms with van der Waals surface area (Å²) >= 11 is 0. The summed E-state index contributed by atoms with van der Waals surface area (Å²) in [5.74, 6) is 1.08. The maximum atomic E-state index is 13.1. The monoisotopic (exact) mass is 794 g/mol. The van der Waals surface area contributed by atoms with Gasteiger partial charge in [-0.25, -0.2) is 9.97 Å². The van der Waals surface area contributed by atoms with Gasteiger partial charge in [0.2, 0.25) is 5.95 Å². The minimum Gasteiger partial charge on any atom is -0.494 e. The van der Waals surface area contributed by atoms with Crippen LogP contribution in [0.1, 0.15) is 116 Å². The van der Waals surface area contributed by atoms with Crippen LogP contribution in [-0.2, 0) is 16.8 Å². The Hall–Kier alpha value is -5.08. The lowest BCUT2D eigenvalue weighted by molar-refractivity contribution is -0.0413. The molecule has 3 atom stereocenters. The number of fused-ring (bicyclic) bond motifs is 1. The van der Waals surface area contributed by atoms with Crippen molar-refractivity contribution in [1.29, 1.82) is 0 Å². The van der Waals surface area contributed by atoms with E-state index in [1.807, 2.05) is 12.1 Å². The van der Waals surface area contributed by atoms with E-state index in [1.54, 1.807) is 30.5 Å². The summed E-state index contributed by atoms with van der Waals surface area (Å²) in [4.78, 5) is 35.3. The number of carbonyl (C=O) groups is 2. The number of nitrogens with two attached hydrogens (primary N) is 1. The Kier molecular flexibility index (Phi) is 15.1. The second-order valence-electron chi connectivity index (χ2n) is 15.6. The normalized spacial score (nSPS) is 18.0. The smallest absolute Gasteiger partial charge is 0.262 e. The molecule has 310 valence electrons. The number of benzene rings is 3. The molecule has 6 N–H and O–H groups in total. The zero-order valence-corrected chi connectivity index (χ0v) is 33.7. The van der Waals surface area contributed by atoms with Gasteiger partial charge in [-0.05, 0) is 98.2 Å². The first-order valence-electron chi connectivity index (χ1n) is 20.6. The average Bonchev–Trinajstić information content (AvgIpc) is 3.46. The molecule has 0 bridgehead atoms. The fourth-order valence-corrected chi connectivity index (χ4v) is 7.44. The summed E-state index contributed by atoms with van der Waals surface area (Å²) in [7, 11) is 0. The molecule has 2 amide bonds. The summed E-state index contributed by atoms with van der Waals surface area (Å²) in [5, 5.41) is 26.0. The van der Waals surface area contributed by atoms with Crippen molar-refractivity contribution in [3.05, 3.63) is 107 Å². The molecular weight excluding hydrogens is 737 g/mol. The zero-order chi connectivity index (χ0) is 40.9. The van der Waals surface area contributed by atoms with Crippen molar-refractivity contribution in [3.63, 3.8) is 0 Å².